The summed E-state index contributed by atoms with van der Waals surface area (Å²) in [4.78, 5) is 0. The molecule has 0 aromatic rings. The molecule has 0 amide bonds. The molecular formula is C10H16. The summed E-state index contributed by atoms with van der Waals surface area (Å²) in [6, 6.07) is 0. The van der Waals surface area contributed by atoms with Crippen LogP contribution in [0.4, 0.5) is 0 Å². The Hall–Kier alpha value is -0.520. The van der Waals surface area contributed by atoms with Crippen molar-refractivity contribution < 1.29 is 0 Å². The first kappa shape index (κ1) is 7.59. The molecule has 0 saturated carbocycles. The zero-order chi connectivity index (χ0) is 7.40. The van der Waals surface area contributed by atoms with Crippen LogP contribution in [0.2, 0.25) is 0 Å². The predicted octanol–water partition coefficient (Wildman–Crippen LogP) is 3.31. The Kier molecular flexibility index (Phi) is 2.73. The van der Waals surface area contributed by atoms with E-state index in [2.05, 4.69) is 32.1 Å². The first-order chi connectivity index (χ1) is 4.79. The molecule has 10 heavy (non-hydrogen) atoms. The Morgan fingerprint density at radius 1 is 1.50 bits per heavy atom. The smallest absolute Gasteiger partial charge is 0.0133 e. The van der Waals surface area contributed by atoms with E-state index in [1.807, 2.05) is 0 Å². The van der Waals surface area contributed by atoms with Gasteiger partial charge in [0.2, 0.25) is 0 Å². The van der Waals surface area contributed by atoms with Gasteiger partial charge in [-0.05, 0) is 25.2 Å². The number of hydrogen-bond acceptors (Lipinski definition) is 0. The van der Waals surface area contributed by atoms with Crippen molar-refractivity contribution in [3.05, 3.63) is 23.8 Å². The number of allylic oxidation sites excluding steroid dienone is 4. The molecule has 1 aliphatic rings. The van der Waals surface area contributed by atoms with Gasteiger partial charge < -0.3 is 0 Å². The molecule has 0 bridgehead atoms. The van der Waals surface area contributed by atoms with Crippen LogP contribution in [0.15, 0.2) is 23.8 Å². The summed E-state index contributed by atoms with van der Waals surface area (Å²) in [7, 11) is 0. The summed E-state index contributed by atoms with van der Waals surface area (Å²) in [6.07, 6.45) is 10.5. The van der Waals surface area contributed by atoms with Crippen LogP contribution >= 0.6 is 0 Å². The largest absolute Gasteiger partial charge is 0.0805 e. The molecule has 0 aromatic heterocycles. The first-order valence-electron chi connectivity index (χ1n) is 4.13. The van der Waals surface area contributed by atoms with Gasteiger partial charge in [-0.25, -0.2) is 0 Å². The molecule has 0 atom stereocenters. The Morgan fingerprint density at radius 2 is 2.30 bits per heavy atom. The van der Waals surface area contributed by atoms with Gasteiger partial charge in [-0.1, -0.05) is 37.6 Å². The van der Waals surface area contributed by atoms with E-state index < -0.39 is 0 Å². The van der Waals surface area contributed by atoms with Crippen molar-refractivity contribution >= 4 is 0 Å². The van der Waals surface area contributed by atoms with Crippen LogP contribution in [-0.2, 0) is 0 Å². The van der Waals surface area contributed by atoms with Crippen molar-refractivity contribution in [1.82, 2.24) is 0 Å². The number of hydrogen-bond donors (Lipinski definition) is 0. The normalized spacial score (nSPS) is 16.5. The SMILES string of the molecule is CC(C)CCC1=CC=CC1. The Labute approximate surface area is 63.6 Å². The molecule has 56 valence electrons. The van der Waals surface area contributed by atoms with Gasteiger partial charge in [-0.3, -0.25) is 0 Å². The van der Waals surface area contributed by atoms with E-state index in [0.29, 0.717) is 0 Å². The molecule has 0 radical (unpaired) electrons. The van der Waals surface area contributed by atoms with Gasteiger partial charge in [-0.15, -0.1) is 0 Å². The van der Waals surface area contributed by atoms with E-state index in [9.17, 15) is 0 Å². The Morgan fingerprint density at radius 3 is 2.80 bits per heavy atom. The summed E-state index contributed by atoms with van der Waals surface area (Å²) >= 11 is 0. The molecule has 0 aromatic carbocycles. The second-order valence-corrected chi connectivity index (χ2v) is 3.39. The van der Waals surface area contributed by atoms with E-state index in [-0.39, 0.29) is 0 Å². The molecule has 0 spiro atoms. The maximum Gasteiger partial charge on any atom is -0.0133 e. The molecule has 1 rings (SSSR count). The zero-order valence-electron chi connectivity index (χ0n) is 6.93. The third-order valence-corrected chi connectivity index (χ3v) is 1.89. The van der Waals surface area contributed by atoms with Crippen LogP contribution in [0.25, 0.3) is 0 Å². The minimum atomic E-state index is 0.849. The van der Waals surface area contributed by atoms with E-state index in [4.69, 9.17) is 0 Å². The maximum atomic E-state index is 2.28. The van der Waals surface area contributed by atoms with Crippen molar-refractivity contribution in [2.45, 2.75) is 33.1 Å². The van der Waals surface area contributed by atoms with Crippen molar-refractivity contribution in [1.29, 1.82) is 0 Å². The van der Waals surface area contributed by atoms with Crippen molar-refractivity contribution in [2.75, 3.05) is 0 Å². The van der Waals surface area contributed by atoms with Gasteiger partial charge in [0.05, 0.1) is 0 Å². The zero-order valence-corrected chi connectivity index (χ0v) is 6.93. The molecule has 1 aliphatic carbocycles. The van der Waals surface area contributed by atoms with Crippen LogP contribution < -0.4 is 0 Å². The molecule has 0 fully saturated rings. The van der Waals surface area contributed by atoms with Gasteiger partial charge in [0, 0.05) is 0 Å². The molecular weight excluding hydrogens is 120 g/mol. The average Bonchev–Trinajstić information content (AvgIpc) is 2.34. The summed E-state index contributed by atoms with van der Waals surface area (Å²) in [5, 5.41) is 0. The Bertz CT molecular complexity index is 149. The molecule has 0 unspecified atom stereocenters. The van der Waals surface area contributed by atoms with E-state index in [1.165, 1.54) is 19.3 Å². The lowest BCUT2D eigenvalue weighted by atomic mass is 10.0. The van der Waals surface area contributed by atoms with E-state index >= 15 is 0 Å². The van der Waals surface area contributed by atoms with Gasteiger partial charge in [0.1, 0.15) is 0 Å². The van der Waals surface area contributed by atoms with E-state index in [1.54, 1.807) is 5.57 Å². The lowest BCUT2D eigenvalue weighted by Gasteiger charge is -2.03. The predicted molar refractivity (Wildman–Crippen MR) is 45.9 cm³/mol. The molecule has 0 nitrogen and oxygen atoms in total. The summed E-state index contributed by atoms with van der Waals surface area (Å²) < 4.78 is 0. The van der Waals surface area contributed by atoms with Crippen molar-refractivity contribution in [3.8, 4) is 0 Å². The third-order valence-electron chi connectivity index (χ3n) is 1.89. The van der Waals surface area contributed by atoms with Crippen LogP contribution in [-0.4, -0.2) is 0 Å². The molecule has 0 saturated heterocycles. The standard InChI is InChI=1S/C10H16/c1-9(2)7-8-10-5-3-4-6-10/h3-5,9H,6-8H2,1-2H3. The van der Waals surface area contributed by atoms with Crippen molar-refractivity contribution in [2.24, 2.45) is 5.92 Å². The fraction of sp³-hybridized carbons (Fsp3) is 0.600. The molecule has 0 N–H and O–H groups in total. The highest BCUT2D eigenvalue weighted by atomic mass is 14.1. The second kappa shape index (κ2) is 3.60. The quantitative estimate of drug-likeness (QED) is 0.558. The Balaban J connectivity index is 2.15. The molecule has 0 heterocycles. The highest BCUT2D eigenvalue weighted by Gasteiger charge is 2.00. The maximum absolute atomic E-state index is 2.28. The second-order valence-electron chi connectivity index (χ2n) is 3.39. The minimum absolute atomic E-state index is 0.849. The van der Waals surface area contributed by atoms with Crippen LogP contribution in [0, 0.1) is 5.92 Å². The highest BCUT2D eigenvalue weighted by molar-refractivity contribution is 5.22. The fourth-order valence-electron chi connectivity index (χ4n) is 1.15. The van der Waals surface area contributed by atoms with Gasteiger partial charge in [0.25, 0.3) is 0 Å². The molecule has 0 heteroatoms. The van der Waals surface area contributed by atoms with E-state index in [0.717, 1.165) is 5.92 Å². The third kappa shape index (κ3) is 2.38. The number of rotatable bonds is 3. The average molecular weight is 136 g/mol. The topological polar surface area (TPSA) is 0 Å². The summed E-state index contributed by atoms with van der Waals surface area (Å²) in [6.45, 7) is 4.56. The highest BCUT2D eigenvalue weighted by Crippen LogP contribution is 2.18. The lowest BCUT2D eigenvalue weighted by Crippen LogP contribution is -1.87. The van der Waals surface area contributed by atoms with Gasteiger partial charge >= 0.3 is 0 Å². The van der Waals surface area contributed by atoms with Crippen LogP contribution in [0.3, 0.4) is 0 Å². The minimum Gasteiger partial charge on any atom is -0.0805 e. The van der Waals surface area contributed by atoms with Crippen LogP contribution in [0.5, 0.6) is 0 Å². The first-order valence-corrected chi connectivity index (χ1v) is 4.13. The monoisotopic (exact) mass is 136 g/mol. The summed E-state index contributed by atoms with van der Waals surface area (Å²) in [5.41, 5.74) is 1.61. The summed E-state index contributed by atoms with van der Waals surface area (Å²) in [5.74, 6) is 0.849. The van der Waals surface area contributed by atoms with Crippen molar-refractivity contribution in [3.63, 3.8) is 0 Å². The van der Waals surface area contributed by atoms with Gasteiger partial charge in [0.15, 0.2) is 0 Å². The van der Waals surface area contributed by atoms with Crippen LogP contribution in [0.1, 0.15) is 33.1 Å². The lowest BCUT2D eigenvalue weighted by molar-refractivity contribution is 0.582. The fourth-order valence-corrected chi connectivity index (χ4v) is 1.15. The van der Waals surface area contributed by atoms with Gasteiger partial charge in [-0.2, -0.15) is 0 Å². The molecule has 0 aliphatic heterocycles.